The van der Waals surface area contributed by atoms with Gasteiger partial charge in [-0.25, -0.2) is 23.1 Å². The first kappa shape index (κ1) is 20.6. The average Bonchev–Trinajstić information content (AvgIpc) is 3.35. The van der Waals surface area contributed by atoms with Crippen LogP contribution in [0.2, 0.25) is 0 Å². The molecule has 33 heavy (non-hydrogen) atoms. The van der Waals surface area contributed by atoms with E-state index in [0.29, 0.717) is 24.2 Å². The van der Waals surface area contributed by atoms with Crippen molar-refractivity contribution in [2.24, 2.45) is 7.05 Å². The maximum absolute atomic E-state index is 14.0. The van der Waals surface area contributed by atoms with Gasteiger partial charge in [0.15, 0.2) is 11.6 Å². The molecule has 1 N–H and O–H groups in total. The van der Waals surface area contributed by atoms with Gasteiger partial charge in [-0.15, -0.1) is 0 Å². The lowest BCUT2D eigenvalue weighted by atomic mass is 10.1. The Morgan fingerprint density at radius 2 is 1.73 bits per heavy atom. The lowest BCUT2D eigenvalue weighted by molar-refractivity contribution is 0.389. The lowest BCUT2D eigenvalue weighted by Crippen LogP contribution is -1.98. The third-order valence-corrected chi connectivity index (χ3v) is 5.09. The number of rotatable bonds is 5. The number of fused-ring (bicyclic) bond motifs is 1. The highest BCUT2D eigenvalue weighted by Crippen LogP contribution is 2.36. The monoisotopic (exact) mass is 451 g/mol. The summed E-state index contributed by atoms with van der Waals surface area (Å²) in [5, 5.41) is 15.2. The molecule has 0 amide bonds. The first-order valence-electron chi connectivity index (χ1n) is 9.83. The van der Waals surface area contributed by atoms with Crippen molar-refractivity contribution in [3.63, 3.8) is 0 Å². The second-order valence-electron chi connectivity index (χ2n) is 7.39. The molecule has 0 spiro atoms. The molecule has 3 heterocycles. The number of halogens is 3. The van der Waals surface area contributed by atoms with Crippen molar-refractivity contribution in [2.45, 2.75) is 6.54 Å². The Labute approximate surface area is 185 Å². The fourth-order valence-corrected chi connectivity index (χ4v) is 3.51. The molecule has 0 aliphatic carbocycles. The van der Waals surface area contributed by atoms with Gasteiger partial charge in [-0.3, -0.25) is 4.68 Å². The maximum Gasteiger partial charge on any atom is 0.236 e. The van der Waals surface area contributed by atoms with Crippen LogP contribution >= 0.6 is 0 Å². The third kappa shape index (κ3) is 3.86. The van der Waals surface area contributed by atoms with E-state index < -0.39 is 23.2 Å². The van der Waals surface area contributed by atoms with E-state index in [-0.39, 0.29) is 17.1 Å². The molecule has 7 nitrogen and oxygen atoms in total. The normalized spacial score (nSPS) is 11.3. The van der Waals surface area contributed by atoms with Gasteiger partial charge in [-0.2, -0.15) is 5.10 Å². The molecular formula is C23H16F3N5O2. The minimum atomic E-state index is -1.23. The van der Waals surface area contributed by atoms with Crippen LogP contribution in [-0.4, -0.2) is 29.4 Å². The molecule has 0 aliphatic rings. The van der Waals surface area contributed by atoms with Crippen LogP contribution in [0, 0.1) is 17.5 Å². The van der Waals surface area contributed by atoms with Crippen molar-refractivity contribution in [1.82, 2.24) is 24.3 Å². The molecule has 0 saturated heterocycles. The molecular weight excluding hydrogens is 435 g/mol. The van der Waals surface area contributed by atoms with E-state index in [9.17, 15) is 18.3 Å². The summed E-state index contributed by atoms with van der Waals surface area (Å²) in [6.45, 7) is 0.295. The van der Waals surface area contributed by atoms with Gasteiger partial charge < -0.3 is 14.4 Å². The van der Waals surface area contributed by atoms with E-state index >= 15 is 0 Å². The van der Waals surface area contributed by atoms with Crippen molar-refractivity contribution in [3.05, 3.63) is 84.2 Å². The van der Waals surface area contributed by atoms with Gasteiger partial charge >= 0.3 is 0 Å². The summed E-state index contributed by atoms with van der Waals surface area (Å²) in [7, 11) is 1.84. The predicted octanol–water partition coefficient (Wildman–Crippen LogP) is 4.80. The van der Waals surface area contributed by atoms with Crippen LogP contribution in [0.1, 0.15) is 5.56 Å². The number of aromatic hydroxyl groups is 1. The molecule has 0 saturated carbocycles. The number of hydrogen-bond donors (Lipinski definition) is 1. The topological polar surface area (TPSA) is 78.0 Å². The highest BCUT2D eigenvalue weighted by Gasteiger charge is 2.20. The van der Waals surface area contributed by atoms with Crippen LogP contribution in [-0.2, 0) is 13.6 Å². The van der Waals surface area contributed by atoms with Gasteiger partial charge in [0.1, 0.15) is 17.5 Å². The number of aromatic nitrogens is 5. The number of hydrogen-bond acceptors (Lipinski definition) is 5. The standard InChI is InChI=1S/C23H16F3N5O2/c1-30-7-6-18(29-30)14-4-2-13(3-5-14)10-31-11-19-20(23(31)32)22(28-12-27-19)33-21-16(25)8-15(24)9-17(21)26/h2-9,11-12,32H,10H2,1H3. The van der Waals surface area contributed by atoms with Crippen molar-refractivity contribution in [3.8, 4) is 28.8 Å². The predicted molar refractivity (Wildman–Crippen MR) is 113 cm³/mol. The van der Waals surface area contributed by atoms with E-state index in [4.69, 9.17) is 4.74 Å². The Bertz CT molecular complexity index is 1450. The lowest BCUT2D eigenvalue weighted by Gasteiger charge is -2.09. The largest absolute Gasteiger partial charge is 0.494 e. The van der Waals surface area contributed by atoms with Gasteiger partial charge in [-0.05, 0) is 11.6 Å². The molecule has 0 atom stereocenters. The smallest absolute Gasteiger partial charge is 0.236 e. The van der Waals surface area contributed by atoms with Crippen LogP contribution in [0.15, 0.2) is 61.2 Å². The Morgan fingerprint density at radius 1 is 1.00 bits per heavy atom. The fourth-order valence-electron chi connectivity index (χ4n) is 3.51. The van der Waals surface area contributed by atoms with Gasteiger partial charge in [0, 0.05) is 37.1 Å². The van der Waals surface area contributed by atoms with Crippen LogP contribution in [0.5, 0.6) is 17.5 Å². The summed E-state index contributed by atoms with van der Waals surface area (Å²) in [5.41, 5.74) is 2.99. The zero-order valence-corrected chi connectivity index (χ0v) is 17.2. The van der Waals surface area contributed by atoms with Crippen LogP contribution in [0.3, 0.4) is 0 Å². The first-order chi connectivity index (χ1) is 15.9. The SMILES string of the molecule is Cn1ccc(-c2ccc(Cn3cc4ncnc(Oc5c(F)cc(F)cc5F)c4c3O)cc2)n1. The summed E-state index contributed by atoms with van der Waals surface area (Å²) in [4.78, 5) is 7.98. The number of benzene rings is 2. The summed E-state index contributed by atoms with van der Waals surface area (Å²) < 4.78 is 49.7. The van der Waals surface area contributed by atoms with Gasteiger partial charge in [0.2, 0.25) is 17.5 Å². The summed E-state index contributed by atoms with van der Waals surface area (Å²) in [5.74, 6) is -4.86. The highest BCUT2D eigenvalue weighted by atomic mass is 19.1. The molecule has 0 aliphatic heterocycles. The second kappa shape index (κ2) is 7.97. The molecule has 3 aromatic heterocycles. The average molecular weight is 451 g/mol. The van der Waals surface area contributed by atoms with Crippen molar-refractivity contribution < 1.29 is 23.0 Å². The van der Waals surface area contributed by atoms with E-state index in [2.05, 4.69) is 15.1 Å². The summed E-state index contributed by atoms with van der Waals surface area (Å²) in [6, 6.07) is 10.6. The minimum absolute atomic E-state index is 0.0748. The van der Waals surface area contributed by atoms with E-state index in [1.54, 1.807) is 10.9 Å². The molecule has 10 heteroatoms. The third-order valence-electron chi connectivity index (χ3n) is 5.09. The van der Waals surface area contributed by atoms with Crippen molar-refractivity contribution in [2.75, 3.05) is 0 Å². The van der Waals surface area contributed by atoms with E-state index in [1.807, 2.05) is 43.6 Å². The van der Waals surface area contributed by atoms with Crippen molar-refractivity contribution >= 4 is 10.9 Å². The molecule has 0 radical (unpaired) electrons. The van der Waals surface area contributed by atoms with Crippen LogP contribution < -0.4 is 4.74 Å². The van der Waals surface area contributed by atoms with Gasteiger partial charge in [-0.1, -0.05) is 24.3 Å². The van der Waals surface area contributed by atoms with Gasteiger partial charge in [0.05, 0.1) is 17.8 Å². The maximum atomic E-state index is 14.0. The summed E-state index contributed by atoms with van der Waals surface area (Å²) >= 11 is 0. The zero-order valence-electron chi connectivity index (χ0n) is 17.2. The van der Waals surface area contributed by atoms with Crippen LogP contribution in [0.4, 0.5) is 13.2 Å². The Balaban J connectivity index is 1.46. The number of ether oxygens (including phenoxy) is 1. The number of nitrogens with zero attached hydrogens (tertiary/aromatic N) is 5. The summed E-state index contributed by atoms with van der Waals surface area (Å²) in [6.07, 6.45) is 4.57. The van der Waals surface area contributed by atoms with Crippen molar-refractivity contribution in [1.29, 1.82) is 0 Å². The number of aryl methyl sites for hydroxylation is 1. The molecule has 166 valence electrons. The van der Waals surface area contributed by atoms with E-state index in [0.717, 1.165) is 23.1 Å². The van der Waals surface area contributed by atoms with Gasteiger partial charge in [0.25, 0.3) is 0 Å². The first-order valence-corrected chi connectivity index (χ1v) is 9.83. The molecule has 2 aromatic carbocycles. The Morgan fingerprint density at radius 3 is 2.39 bits per heavy atom. The molecule has 0 unspecified atom stereocenters. The highest BCUT2D eigenvalue weighted by molar-refractivity contribution is 5.89. The molecule has 5 rings (SSSR count). The fraction of sp³-hybridized carbons (Fsp3) is 0.0870. The minimum Gasteiger partial charge on any atom is -0.494 e. The quantitative estimate of drug-likeness (QED) is 0.416. The second-order valence-corrected chi connectivity index (χ2v) is 7.39. The molecule has 5 aromatic rings. The van der Waals surface area contributed by atoms with Crippen LogP contribution in [0.25, 0.3) is 22.2 Å². The zero-order chi connectivity index (χ0) is 23.1. The molecule has 0 bridgehead atoms. The Kier molecular flexibility index (Phi) is 4.97. The Hall–Kier alpha value is -4.34. The van der Waals surface area contributed by atoms with E-state index in [1.165, 1.54) is 4.57 Å². The molecule has 0 fully saturated rings.